The van der Waals surface area contributed by atoms with Gasteiger partial charge in [-0.05, 0) is 50.4 Å². The Morgan fingerprint density at radius 1 is 1.08 bits per heavy atom. The zero-order valence-corrected chi connectivity index (χ0v) is 15.7. The summed E-state index contributed by atoms with van der Waals surface area (Å²) in [4.78, 5) is 19.9. The van der Waals surface area contributed by atoms with Gasteiger partial charge in [-0.1, -0.05) is 24.6 Å². The number of morpholine rings is 1. The van der Waals surface area contributed by atoms with Crippen LogP contribution in [0.1, 0.15) is 31.2 Å². The molecule has 142 valence electrons. The second kappa shape index (κ2) is 8.51. The minimum Gasteiger partial charge on any atom is -0.379 e. The highest BCUT2D eigenvalue weighted by atomic mass is 16.5. The lowest BCUT2D eigenvalue weighted by Gasteiger charge is -2.37. The van der Waals surface area contributed by atoms with Gasteiger partial charge < -0.3 is 9.64 Å². The molecule has 0 bridgehead atoms. The van der Waals surface area contributed by atoms with Gasteiger partial charge in [0.1, 0.15) is 0 Å². The molecular weight excluding hydrogens is 326 g/mol. The summed E-state index contributed by atoms with van der Waals surface area (Å²) in [6, 6.07) is 8.89. The number of ether oxygens (including phenoxy) is 1. The van der Waals surface area contributed by atoms with Crippen LogP contribution in [0.3, 0.4) is 0 Å². The molecule has 5 nitrogen and oxygen atoms in total. The van der Waals surface area contributed by atoms with Crippen LogP contribution in [0.4, 0.5) is 5.69 Å². The highest BCUT2D eigenvalue weighted by Crippen LogP contribution is 2.28. The number of piperidine rings is 1. The van der Waals surface area contributed by atoms with Crippen LogP contribution in [-0.4, -0.2) is 74.2 Å². The second-order valence-corrected chi connectivity index (χ2v) is 7.79. The van der Waals surface area contributed by atoms with E-state index in [1.165, 1.54) is 31.2 Å². The standard InChI is InChI=1S/C21H31N3O2/c25-21(24-12-8-18-5-1-2-7-20(18)24)17-23-10-4-3-6-19(23)9-11-22-13-15-26-16-14-22/h1-2,5,7,19H,3-4,6,8-17H2/t19-/m0/s1. The van der Waals surface area contributed by atoms with Crippen LogP contribution in [0.5, 0.6) is 0 Å². The molecule has 0 saturated carbocycles. The lowest BCUT2D eigenvalue weighted by molar-refractivity contribution is -0.120. The Hall–Kier alpha value is -1.43. The molecule has 0 N–H and O–H groups in total. The largest absolute Gasteiger partial charge is 0.379 e. The van der Waals surface area contributed by atoms with Crippen molar-refractivity contribution in [2.24, 2.45) is 0 Å². The minimum absolute atomic E-state index is 0.272. The molecule has 0 radical (unpaired) electrons. The summed E-state index contributed by atoms with van der Waals surface area (Å²) < 4.78 is 5.45. The molecule has 5 heteroatoms. The molecule has 1 aromatic carbocycles. The van der Waals surface area contributed by atoms with Crippen molar-refractivity contribution in [2.75, 3.05) is 57.4 Å². The van der Waals surface area contributed by atoms with Crippen LogP contribution in [0.2, 0.25) is 0 Å². The fraction of sp³-hybridized carbons (Fsp3) is 0.667. The molecule has 0 spiro atoms. The van der Waals surface area contributed by atoms with Crippen molar-refractivity contribution in [3.05, 3.63) is 29.8 Å². The normalized spacial score (nSPS) is 24.6. The Kier molecular flexibility index (Phi) is 5.88. The smallest absolute Gasteiger partial charge is 0.241 e. The minimum atomic E-state index is 0.272. The Bertz CT molecular complexity index is 615. The Balaban J connectivity index is 1.33. The summed E-state index contributed by atoms with van der Waals surface area (Å²) in [6.45, 7) is 7.43. The fourth-order valence-electron chi connectivity index (χ4n) is 4.61. The average molecular weight is 357 g/mol. The predicted molar refractivity (Wildman–Crippen MR) is 104 cm³/mol. The first-order valence-corrected chi connectivity index (χ1v) is 10.2. The topological polar surface area (TPSA) is 36.0 Å². The number of anilines is 1. The molecule has 2 saturated heterocycles. The number of hydrogen-bond donors (Lipinski definition) is 0. The zero-order valence-electron chi connectivity index (χ0n) is 15.7. The maximum Gasteiger partial charge on any atom is 0.241 e. The maximum atomic E-state index is 13.0. The number of amides is 1. The van der Waals surface area contributed by atoms with Crippen LogP contribution in [0.15, 0.2) is 24.3 Å². The molecule has 1 amide bonds. The van der Waals surface area contributed by atoms with Crippen molar-refractivity contribution in [1.29, 1.82) is 0 Å². The lowest BCUT2D eigenvalue weighted by atomic mass is 9.99. The fourth-order valence-corrected chi connectivity index (χ4v) is 4.61. The SMILES string of the molecule is O=C(CN1CCCC[C@H]1CCN1CCOCC1)N1CCc2ccccc21. The van der Waals surface area contributed by atoms with Gasteiger partial charge in [0.05, 0.1) is 19.8 Å². The number of carbonyl (C=O) groups excluding carboxylic acids is 1. The van der Waals surface area contributed by atoms with E-state index >= 15 is 0 Å². The molecule has 3 heterocycles. The van der Waals surface area contributed by atoms with Crippen LogP contribution < -0.4 is 4.90 Å². The van der Waals surface area contributed by atoms with Gasteiger partial charge in [-0.3, -0.25) is 14.6 Å². The first kappa shape index (κ1) is 18.0. The second-order valence-electron chi connectivity index (χ2n) is 7.79. The number of fused-ring (bicyclic) bond motifs is 1. The molecule has 0 aliphatic carbocycles. The summed E-state index contributed by atoms with van der Waals surface area (Å²) in [5.41, 5.74) is 2.43. The number of carbonyl (C=O) groups is 1. The molecule has 4 rings (SSSR count). The average Bonchev–Trinajstić information content (AvgIpc) is 3.12. The van der Waals surface area contributed by atoms with Gasteiger partial charge in [0.25, 0.3) is 0 Å². The van der Waals surface area contributed by atoms with Crippen LogP contribution in [0.25, 0.3) is 0 Å². The monoisotopic (exact) mass is 357 g/mol. The van der Waals surface area contributed by atoms with E-state index in [1.807, 2.05) is 11.0 Å². The van der Waals surface area contributed by atoms with Crippen LogP contribution in [0, 0.1) is 0 Å². The number of likely N-dealkylation sites (tertiary alicyclic amines) is 1. The summed E-state index contributed by atoms with van der Waals surface area (Å²) in [7, 11) is 0. The third-order valence-electron chi connectivity index (χ3n) is 6.16. The Morgan fingerprint density at radius 3 is 2.81 bits per heavy atom. The van der Waals surface area contributed by atoms with Crippen molar-refractivity contribution < 1.29 is 9.53 Å². The third-order valence-corrected chi connectivity index (χ3v) is 6.16. The maximum absolute atomic E-state index is 13.0. The number of benzene rings is 1. The van der Waals surface area contributed by atoms with Crippen molar-refractivity contribution in [2.45, 2.75) is 38.1 Å². The van der Waals surface area contributed by atoms with E-state index in [0.29, 0.717) is 12.6 Å². The molecule has 0 aromatic heterocycles. The van der Waals surface area contributed by atoms with E-state index < -0.39 is 0 Å². The summed E-state index contributed by atoms with van der Waals surface area (Å²) in [5.74, 6) is 0.272. The number of rotatable bonds is 5. The molecule has 1 aromatic rings. The number of para-hydroxylation sites is 1. The lowest BCUT2D eigenvalue weighted by Crippen LogP contribution is -2.48. The van der Waals surface area contributed by atoms with Crippen molar-refractivity contribution in [1.82, 2.24) is 9.80 Å². The van der Waals surface area contributed by atoms with Crippen molar-refractivity contribution in [3.8, 4) is 0 Å². The van der Waals surface area contributed by atoms with E-state index in [9.17, 15) is 4.79 Å². The van der Waals surface area contributed by atoms with Crippen molar-refractivity contribution in [3.63, 3.8) is 0 Å². The van der Waals surface area contributed by atoms with Crippen LogP contribution >= 0.6 is 0 Å². The van der Waals surface area contributed by atoms with Gasteiger partial charge in [0.15, 0.2) is 0 Å². The van der Waals surface area contributed by atoms with E-state index in [2.05, 4.69) is 28.0 Å². The first-order valence-electron chi connectivity index (χ1n) is 10.2. The number of hydrogen-bond acceptors (Lipinski definition) is 4. The van der Waals surface area contributed by atoms with E-state index in [1.54, 1.807) is 0 Å². The number of nitrogens with zero attached hydrogens (tertiary/aromatic N) is 3. The molecule has 26 heavy (non-hydrogen) atoms. The van der Waals surface area contributed by atoms with E-state index in [4.69, 9.17) is 4.74 Å². The molecular formula is C21H31N3O2. The van der Waals surface area contributed by atoms with Gasteiger partial charge in [-0.25, -0.2) is 0 Å². The molecule has 3 aliphatic rings. The first-order chi connectivity index (χ1) is 12.8. The summed E-state index contributed by atoms with van der Waals surface area (Å²) in [5, 5.41) is 0. The Morgan fingerprint density at radius 2 is 1.92 bits per heavy atom. The third kappa shape index (κ3) is 4.11. The van der Waals surface area contributed by atoms with Gasteiger partial charge in [-0.15, -0.1) is 0 Å². The predicted octanol–water partition coefficient (Wildman–Crippen LogP) is 2.15. The van der Waals surface area contributed by atoms with Crippen LogP contribution in [-0.2, 0) is 16.0 Å². The highest BCUT2D eigenvalue weighted by molar-refractivity contribution is 5.96. The molecule has 2 fully saturated rings. The van der Waals surface area contributed by atoms with E-state index in [-0.39, 0.29) is 5.91 Å². The molecule has 3 aliphatic heterocycles. The van der Waals surface area contributed by atoms with Gasteiger partial charge in [0.2, 0.25) is 5.91 Å². The van der Waals surface area contributed by atoms with Gasteiger partial charge in [-0.2, -0.15) is 0 Å². The molecule has 1 atom stereocenters. The quantitative estimate of drug-likeness (QED) is 0.809. The van der Waals surface area contributed by atoms with Gasteiger partial charge in [0, 0.05) is 31.4 Å². The zero-order chi connectivity index (χ0) is 17.8. The van der Waals surface area contributed by atoms with Crippen molar-refractivity contribution >= 4 is 11.6 Å². The van der Waals surface area contributed by atoms with Gasteiger partial charge >= 0.3 is 0 Å². The molecule has 0 unspecified atom stereocenters. The summed E-state index contributed by atoms with van der Waals surface area (Å²) >= 11 is 0. The summed E-state index contributed by atoms with van der Waals surface area (Å²) in [6.07, 6.45) is 5.91. The highest BCUT2D eigenvalue weighted by Gasteiger charge is 2.29. The van der Waals surface area contributed by atoms with E-state index in [0.717, 1.165) is 58.0 Å². The Labute approximate surface area is 156 Å².